The average molecular weight is 209 g/mol. The molecule has 0 spiro atoms. The largest absolute Gasteiger partial charge is 0.464 e. The van der Waals surface area contributed by atoms with Crippen LogP contribution < -0.4 is 15.6 Å². The number of para-hydroxylation sites is 2. The number of amides is 2. The number of benzene rings is 1. The van der Waals surface area contributed by atoms with Crippen LogP contribution in [0.4, 0.5) is 21.0 Å². The van der Waals surface area contributed by atoms with Crippen LogP contribution in [0, 0.1) is 0 Å². The Morgan fingerprint density at radius 3 is 1.73 bits per heavy atom. The van der Waals surface area contributed by atoms with E-state index in [0.717, 1.165) is 10.0 Å². The molecule has 0 saturated heterocycles. The maximum Gasteiger partial charge on any atom is 0.428 e. The van der Waals surface area contributed by atoms with Crippen LogP contribution >= 0.6 is 0 Å². The Labute approximate surface area is 84.1 Å². The molecule has 0 unspecified atom stereocenters. The number of rotatable bonds is 0. The number of anilines is 2. The van der Waals surface area contributed by atoms with Gasteiger partial charge in [0, 0.05) is 0 Å². The van der Waals surface area contributed by atoms with Crippen molar-refractivity contribution in [1.29, 1.82) is 0 Å². The smallest absolute Gasteiger partial charge is 0.428 e. The highest BCUT2D eigenvalue weighted by atomic mass is 16.4. The van der Waals surface area contributed by atoms with Crippen LogP contribution in [0.2, 0.25) is 0 Å². The quantitative estimate of drug-likeness (QED) is 0.594. The van der Waals surface area contributed by atoms with Gasteiger partial charge in [0.25, 0.3) is 0 Å². The maximum absolute atomic E-state index is 10.8. The van der Waals surface area contributed by atoms with Crippen LogP contribution in [-0.4, -0.2) is 22.4 Å². The highest BCUT2D eigenvalue weighted by molar-refractivity contribution is 6.00. The molecule has 7 nitrogen and oxygen atoms in total. The molecule has 1 aliphatic rings. The highest BCUT2D eigenvalue weighted by Crippen LogP contribution is 2.32. The first-order valence-electron chi connectivity index (χ1n) is 4.02. The molecule has 0 radical (unpaired) electrons. The summed E-state index contributed by atoms with van der Waals surface area (Å²) < 4.78 is 0. The minimum atomic E-state index is -1.27. The average Bonchev–Trinajstić information content (AvgIpc) is 2.56. The van der Waals surface area contributed by atoms with E-state index in [-0.39, 0.29) is 11.4 Å². The summed E-state index contributed by atoms with van der Waals surface area (Å²) in [7, 11) is 0. The fourth-order valence-corrected chi connectivity index (χ4v) is 1.34. The van der Waals surface area contributed by atoms with E-state index in [9.17, 15) is 9.59 Å². The molecule has 0 saturated carbocycles. The third-order valence-corrected chi connectivity index (χ3v) is 1.95. The number of carbonyl (C=O) groups is 2. The number of hydrogen-bond acceptors (Lipinski definition) is 3. The van der Waals surface area contributed by atoms with Crippen molar-refractivity contribution in [3.8, 4) is 0 Å². The molecule has 2 rings (SSSR count). The normalized spacial score (nSPS) is 13.9. The van der Waals surface area contributed by atoms with Crippen molar-refractivity contribution in [3.05, 3.63) is 24.3 Å². The Balaban J connectivity index is 2.48. The predicted molar refractivity (Wildman–Crippen MR) is 50.6 cm³/mol. The van der Waals surface area contributed by atoms with Crippen molar-refractivity contribution >= 4 is 23.6 Å². The fraction of sp³-hybridized carbons (Fsp3) is 0. The van der Waals surface area contributed by atoms with E-state index in [1.165, 1.54) is 12.1 Å². The second kappa shape index (κ2) is 3.14. The monoisotopic (exact) mass is 209 g/mol. The van der Waals surface area contributed by atoms with E-state index in [1.807, 2.05) is 0 Å². The van der Waals surface area contributed by atoms with Crippen LogP contribution in [0.25, 0.3) is 0 Å². The molecule has 2 amide bonds. The highest BCUT2D eigenvalue weighted by Gasteiger charge is 2.33. The van der Waals surface area contributed by atoms with E-state index in [4.69, 9.17) is 10.2 Å². The van der Waals surface area contributed by atoms with Crippen molar-refractivity contribution < 1.29 is 19.8 Å². The first-order chi connectivity index (χ1) is 7.11. The van der Waals surface area contributed by atoms with Crippen molar-refractivity contribution in [2.75, 3.05) is 10.0 Å². The van der Waals surface area contributed by atoms with Gasteiger partial charge >= 0.3 is 12.2 Å². The molecule has 1 aliphatic heterocycles. The maximum atomic E-state index is 10.8. The van der Waals surface area contributed by atoms with Gasteiger partial charge in [-0.15, -0.1) is 5.53 Å². The Bertz CT molecular complexity index is 395. The Kier molecular flexibility index (Phi) is 1.94. The number of fused-ring (bicyclic) bond motifs is 1. The molecular weight excluding hydrogens is 202 g/mol. The molecule has 1 aromatic carbocycles. The van der Waals surface area contributed by atoms with Crippen molar-refractivity contribution in [1.82, 2.24) is 5.53 Å². The number of hydrogen-bond donors (Lipinski definition) is 3. The summed E-state index contributed by atoms with van der Waals surface area (Å²) in [5.74, 6) is 0. The Morgan fingerprint density at radius 1 is 1.00 bits per heavy atom. The molecule has 1 aromatic rings. The van der Waals surface area contributed by atoms with Gasteiger partial charge in [-0.1, -0.05) is 12.1 Å². The summed E-state index contributed by atoms with van der Waals surface area (Å²) in [4.78, 5) is 21.6. The van der Waals surface area contributed by atoms with Gasteiger partial charge in [0.2, 0.25) is 0 Å². The minimum Gasteiger partial charge on any atom is -0.464 e. The number of nitrogens with one attached hydrogen (secondary N) is 1. The summed E-state index contributed by atoms with van der Waals surface area (Å²) >= 11 is 0. The zero-order chi connectivity index (χ0) is 11.0. The second-order valence-electron chi connectivity index (χ2n) is 2.82. The standard InChI is InChI=1S/C8H7N3O4/c12-7(13)10-5-3-1-2-4-6(5)11(9-10)8(14)15/h1-4,9H,(H,12,13)(H,14,15). The molecule has 0 atom stereocenters. The summed E-state index contributed by atoms with van der Waals surface area (Å²) in [5.41, 5.74) is 2.79. The topological polar surface area (TPSA) is 93.1 Å². The molecule has 0 bridgehead atoms. The first kappa shape index (κ1) is 9.28. The first-order valence-corrected chi connectivity index (χ1v) is 4.02. The summed E-state index contributed by atoms with van der Waals surface area (Å²) in [6.07, 6.45) is -2.54. The number of nitrogens with zero attached hydrogens (tertiary/aromatic N) is 2. The molecule has 3 N–H and O–H groups in total. The number of hydrazine groups is 2. The lowest BCUT2D eigenvalue weighted by molar-refractivity contribution is 0.193. The van der Waals surface area contributed by atoms with Gasteiger partial charge in [0.05, 0.1) is 11.4 Å². The van der Waals surface area contributed by atoms with Crippen molar-refractivity contribution in [3.63, 3.8) is 0 Å². The van der Waals surface area contributed by atoms with Crippen LogP contribution in [0.15, 0.2) is 24.3 Å². The predicted octanol–water partition coefficient (Wildman–Crippen LogP) is 1.09. The van der Waals surface area contributed by atoms with E-state index in [1.54, 1.807) is 12.1 Å². The summed E-state index contributed by atoms with van der Waals surface area (Å²) in [6, 6.07) is 6.28. The Hall–Kier alpha value is -2.28. The summed E-state index contributed by atoms with van der Waals surface area (Å²) in [6.45, 7) is 0. The van der Waals surface area contributed by atoms with E-state index < -0.39 is 12.2 Å². The van der Waals surface area contributed by atoms with Crippen LogP contribution in [0.5, 0.6) is 0 Å². The fourth-order valence-electron chi connectivity index (χ4n) is 1.34. The molecule has 0 aromatic heterocycles. The molecule has 1 heterocycles. The molecular formula is C8H7N3O4. The molecule has 0 aliphatic carbocycles. The minimum absolute atomic E-state index is 0.285. The van der Waals surface area contributed by atoms with Gasteiger partial charge in [-0.05, 0) is 12.1 Å². The van der Waals surface area contributed by atoms with Gasteiger partial charge in [0.15, 0.2) is 0 Å². The number of carboxylic acid groups (broad SMARTS) is 2. The van der Waals surface area contributed by atoms with Gasteiger partial charge in [-0.3, -0.25) is 0 Å². The molecule has 7 heteroatoms. The Morgan fingerprint density at radius 2 is 1.40 bits per heavy atom. The van der Waals surface area contributed by atoms with Gasteiger partial charge < -0.3 is 10.2 Å². The second-order valence-corrected chi connectivity index (χ2v) is 2.82. The summed E-state index contributed by atoms with van der Waals surface area (Å²) in [5, 5.41) is 19.1. The van der Waals surface area contributed by atoms with Crippen molar-refractivity contribution in [2.45, 2.75) is 0 Å². The van der Waals surface area contributed by atoms with Gasteiger partial charge in [0.1, 0.15) is 0 Å². The third-order valence-electron chi connectivity index (χ3n) is 1.95. The van der Waals surface area contributed by atoms with Crippen LogP contribution in [-0.2, 0) is 0 Å². The third kappa shape index (κ3) is 1.34. The molecule has 78 valence electrons. The van der Waals surface area contributed by atoms with Gasteiger partial charge in [-0.2, -0.15) is 10.0 Å². The lowest BCUT2D eigenvalue weighted by Crippen LogP contribution is -2.49. The van der Waals surface area contributed by atoms with Gasteiger partial charge in [-0.25, -0.2) is 9.59 Å². The zero-order valence-corrected chi connectivity index (χ0v) is 7.41. The zero-order valence-electron chi connectivity index (χ0n) is 7.41. The van der Waals surface area contributed by atoms with E-state index in [2.05, 4.69) is 5.53 Å². The lowest BCUT2D eigenvalue weighted by Gasteiger charge is -2.14. The SMILES string of the molecule is O=C(O)N1NN(C(=O)O)c2ccccc21. The van der Waals surface area contributed by atoms with E-state index >= 15 is 0 Å². The molecule has 15 heavy (non-hydrogen) atoms. The van der Waals surface area contributed by atoms with Crippen LogP contribution in [0.1, 0.15) is 0 Å². The molecule has 0 fully saturated rings. The van der Waals surface area contributed by atoms with E-state index in [0.29, 0.717) is 0 Å². The lowest BCUT2D eigenvalue weighted by atomic mass is 10.2. The van der Waals surface area contributed by atoms with Crippen LogP contribution in [0.3, 0.4) is 0 Å². The van der Waals surface area contributed by atoms with Crippen molar-refractivity contribution in [2.24, 2.45) is 0 Å².